The first kappa shape index (κ1) is 12.8. The second-order valence-electron chi connectivity index (χ2n) is 3.49. The molecule has 0 spiro atoms. The minimum absolute atomic E-state index is 0.0305. The van der Waals surface area contributed by atoms with Crippen molar-refractivity contribution in [1.29, 1.82) is 0 Å². The van der Waals surface area contributed by atoms with Gasteiger partial charge < -0.3 is 9.64 Å². The predicted molar refractivity (Wildman–Crippen MR) is 67.9 cm³/mol. The minimum Gasteiger partial charge on any atom is -0.496 e. The summed E-state index contributed by atoms with van der Waals surface area (Å²) in [4.78, 5) is 13.5. The molecule has 4 heteroatoms. The van der Waals surface area contributed by atoms with Crippen LogP contribution in [0.1, 0.15) is 10.4 Å². The van der Waals surface area contributed by atoms with Gasteiger partial charge in [-0.25, -0.2) is 0 Å². The molecule has 1 aromatic carbocycles. The number of carbonyl (C=O) groups is 1. The predicted octanol–water partition coefficient (Wildman–Crippen LogP) is 2.72. The molecule has 3 nitrogen and oxygen atoms in total. The molecule has 0 fully saturated rings. The van der Waals surface area contributed by atoms with Crippen LogP contribution in [0.5, 0.6) is 5.75 Å². The molecule has 0 amide bonds. The zero-order valence-electron chi connectivity index (χ0n) is 9.53. The van der Waals surface area contributed by atoms with Crippen LogP contribution in [-0.2, 0) is 0 Å². The van der Waals surface area contributed by atoms with Gasteiger partial charge in [-0.3, -0.25) is 4.79 Å². The largest absolute Gasteiger partial charge is 0.496 e. The Kier molecular flexibility index (Phi) is 4.55. The average Bonchev–Trinajstić information content (AvgIpc) is 2.25. The fraction of sp³-hybridized carbons (Fsp3) is 0.250. The van der Waals surface area contributed by atoms with Crippen molar-refractivity contribution < 1.29 is 9.53 Å². The normalized spacial score (nSPS) is 10.5. The van der Waals surface area contributed by atoms with Crippen molar-refractivity contribution in [3.8, 4) is 5.75 Å². The van der Waals surface area contributed by atoms with Gasteiger partial charge in [0.05, 0.1) is 11.6 Å². The van der Waals surface area contributed by atoms with Crippen molar-refractivity contribution in [3.05, 3.63) is 40.5 Å². The summed E-state index contributed by atoms with van der Waals surface area (Å²) in [6.45, 7) is 0. The Morgan fingerprint density at radius 2 is 2.12 bits per heavy atom. The maximum absolute atomic E-state index is 11.7. The third-order valence-electron chi connectivity index (χ3n) is 1.96. The van der Waals surface area contributed by atoms with Crippen LogP contribution in [0.2, 0.25) is 0 Å². The van der Waals surface area contributed by atoms with Crippen LogP contribution >= 0.6 is 15.9 Å². The fourth-order valence-electron chi connectivity index (χ4n) is 1.13. The van der Waals surface area contributed by atoms with Crippen LogP contribution in [0.3, 0.4) is 0 Å². The van der Waals surface area contributed by atoms with Crippen molar-refractivity contribution >= 4 is 21.7 Å². The van der Waals surface area contributed by atoms with Gasteiger partial charge in [0, 0.05) is 31.9 Å². The number of methoxy groups -OCH3 is 1. The number of halogens is 1. The van der Waals surface area contributed by atoms with E-state index in [9.17, 15) is 4.79 Å². The number of ether oxygens (including phenoxy) is 1. The molecular formula is C12H14BrNO2. The summed E-state index contributed by atoms with van der Waals surface area (Å²) < 4.78 is 5.87. The molecule has 0 atom stereocenters. The highest BCUT2D eigenvalue weighted by molar-refractivity contribution is 9.10. The van der Waals surface area contributed by atoms with Crippen LogP contribution in [0.15, 0.2) is 34.9 Å². The van der Waals surface area contributed by atoms with E-state index in [-0.39, 0.29) is 5.78 Å². The lowest BCUT2D eigenvalue weighted by Gasteiger charge is -2.05. The van der Waals surface area contributed by atoms with Gasteiger partial charge in [-0.2, -0.15) is 0 Å². The van der Waals surface area contributed by atoms with Gasteiger partial charge in [-0.15, -0.1) is 0 Å². The summed E-state index contributed by atoms with van der Waals surface area (Å²) in [5.41, 5.74) is 0.630. The molecule has 0 unspecified atom stereocenters. The molecule has 16 heavy (non-hydrogen) atoms. The minimum atomic E-state index is -0.0305. The van der Waals surface area contributed by atoms with Gasteiger partial charge in [0.1, 0.15) is 5.75 Å². The molecular weight excluding hydrogens is 270 g/mol. The van der Waals surface area contributed by atoms with E-state index in [0.29, 0.717) is 11.3 Å². The summed E-state index contributed by atoms with van der Waals surface area (Å²) in [6, 6.07) is 5.26. The summed E-state index contributed by atoms with van der Waals surface area (Å²) in [5, 5.41) is 0. The SMILES string of the molecule is COc1ccc(C(=O)C=CN(C)C)cc1Br. The maximum Gasteiger partial charge on any atom is 0.187 e. The molecule has 0 saturated heterocycles. The van der Waals surface area contributed by atoms with E-state index in [1.54, 1.807) is 31.5 Å². The first-order valence-corrected chi connectivity index (χ1v) is 5.56. The third kappa shape index (κ3) is 3.38. The lowest BCUT2D eigenvalue weighted by atomic mass is 10.1. The quantitative estimate of drug-likeness (QED) is 0.629. The van der Waals surface area contributed by atoms with Gasteiger partial charge >= 0.3 is 0 Å². The number of benzene rings is 1. The van der Waals surface area contributed by atoms with Gasteiger partial charge in [-0.05, 0) is 34.1 Å². The van der Waals surface area contributed by atoms with Crippen LogP contribution < -0.4 is 4.74 Å². The second-order valence-corrected chi connectivity index (χ2v) is 4.35. The van der Waals surface area contributed by atoms with Crippen molar-refractivity contribution in [3.63, 3.8) is 0 Å². The molecule has 0 radical (unpaired) electrons. The van der Waals surface area contributed by atoms with Gasteiger partial charge in [0.25, 0.3) is 0 Å². The molecule has 1 aromatic rings. The van der Waals surface area contributed by atoms with E-state index >= 15 is 0 Å². The molecule has 86 valence electrons. The van der Waals surface area contributed by atoms with E-state index in [1.807, 2.05) is 19.0 Å². The van der Waals surface area contributed by atoms with Crippen LogP contribution in [0.4, 0.5) is 0 Å². The van der Waals surface area contributed by atoms with E-state index in [4.69, 9.17) is 4.74 Å². The number of hydrogen-bond donors (Lipinski definition) is 0. The molecule has 0 aliphatic heterocycles. The Bertz CT molecular complexity index is 413. The monoisotopic (exact) mass is 283 g/mol. The lowest BCUT2D eigenvalue weighted by Crippen LogP contribution is -2.03. The zero-order valence-corrected chi connectivity index (χ0v) is 11.1. The molecule has 1 rings (SSSR count). The highest BCUT2D eigenvalue weighted by Gasteiger charge is 2.05. The Balaban J connectivity index is 2.89. The van der Waals surface area contributed by atoms with Gasteiger partial charge in [0.2, 0.25) is 0 Å². The molecule has 0 saturated carbocycles. The van der Waals surface area contributed by atoms with Crippen molar-refractivity contribution in [2.75, 3.05) is 21.2 Å². The Hall–Kier alpha value is -1.29. The van der Waals surface area contributed by atoms with Crippen LogP contribution in [-0.4, -0.2) is 31.9 Å². The van der Waals surface area contributed by atoms with Crippen molar-refractivity contribution in [2.45, 2.75) is 0 Å². The number of nitrogens with zero attached hydrogens (tertiary/aromatic N) is 1. The summed E-state index contributed by atoms with van der Waals surface area (Å²) in [7, 11) is 5.33. The average molecular weight is 284 g/mol. The fourth-order valence-corrected chi connectivity index (χ4v) is 1.67. The van der Waals surface area contributed by atoms with E-state index < -0.39 is 0 Å². The Morgan fingerprint density at radius 1 is 1.44 bits per heavy atom. The lowest BCUT2D eigenvalue weighted by molar-refractivity contribution is 0.104. The summed E-state index contributed by atoms with van der Waals surface area (Å²) >= 11 is 3.34. The number of allylic oxidation sites excluding steroid dienone is 1. The highest BCUT2D eigenvalue weighted by Crippen LogP contribution is 2.25. The molecule has 0 aliphatic carbocycles. The molecule has 0 aromatic heterocycles. The standard InChI is InChI=1S/C12H14BrNO2/c1-14(2)7-6-11(15)9-4-5-12(16-3)10(13)8-9/h4-8H,1-3H3. The van der Waals surface area contributed by atoms with Crippen molar-refractivity contribution in [1.82, 2.24) is 4.90 Å². The summed E-state index contributed by atoms with van der Waals surface area (Å²) in [6.07, 6.45) is 3.26. The third-order valence-corrected chi connectivity index (χ3v) is 2.58. The smallest absolute Gasteiger partial charge is 0.187 e. The first-order valence-electron chi connectivity index (χ1n) is 4.77. The van der Waals surface area contributed by atoms with Crippen LogP contribution in [0.25, 0.3) is 0 Å². The highest BCUT2D eigenvalue weighted by atomic mass is 79.9. The number of rotatable bonds is 4. The van der Waals surface area contributed by atoms with Gasteiger partial charge in [0.15, 0.2) is 5.78 Å². The Labute approximate surface area is 104 Å². The molecule has 0 bridgehead atoms. The summed E-state index contributed by atoms with van der Waals surface area (Å²) in [5.74, 6) is 0.685. The number of ketones is 1. The number of carbonyl (C=O) groups excluding carboxylic acids is 1. The second kappa shape index (κ2) is 5.70. The van der Waals surface area contributed by atoms with E-state index in [2.05, 4.69) is 15.9 Å². The molecule has 0 aliphatic rings. The number of hydrogen-bond acceptors (Lipinski definition) is 3. The van der Waals surface area contributed by atoms with Crippen LogP contribution in [0, 0.1) is 0 Å². The first-order chi connectivity index (χ1) is 7.54. The topological polar surface area (TPSA) is 29.5 Å². The Morgan fingerprint density at radius 3 is 2.62 bits per heavy atom. The molecule has 0 N–H and O–H groups in total. The zero-order chi connectivity index (χ0) is 12.1. The van der Waals surface area contributed by atoms with E-state index in [0.717, 1.165) is 4.47 Å². The van der Waals surface area contributed by atoms with Gasteiger partial charge in [-0.1, -0.05) is 0 Å². The van der Waals surface area contributed by atoms with E-state index in [1.165, 1.54) is 6.08 Å². The maximum atomic E-state index is 11.7. The van der Waals surface area contributed by atoms with Crippen molar-refractivity contribution in [2.24, 2.45) is 0 Å². The molecule has 0 heterocycles.